The van der Waals surface area contributed by atoms with Crippen LogP contribution in [0.15, 0.2) is 0 Å². The van der Waals surface area contributed by atoms with Crippen LogP contribution in [0.3, 0.4) is 0 Å². The Morgan fingerprint density at radius 2 is 2.00 bits per heavy atom. The molecule has 4 nitrogen and oxygen atoms in total. The average Bonchev–Trinajstić information content (AvgIpc) is 1.90. The first-order chi connectivity index (χ1) is 6.41. The molecule has 1 aliphatic rings. The minimum absolute atomic E-state index is 0. The van der Waals surface area contributed by atoms with Gasteiger partial charge in [0.1, 0.15) is 0 Å². The Morgan fingerprint density at radius 3 is 2.27 bits per heavy atom. The second kappa shape index (κ2) is 5.56. The summed E-state index contributed by atoms with van der Waals surface area (Å²) in [6.45, 7) is 8.51. The molecule has 90 valence electrons. The summed E-state index contributed by atoms with van der Waals surface area (Å²) in [5.41, 5.74) is -0.289. The summed E-state index contributed by atoms with van der Waals surface area (Å²) >= 11 is 0. The molecule has 1 amide bonds. The topological polar surface area (TPSA) is 52.6 Å². The number of hydrogen-bond acceptors (Lipinski definition) is 2. The highest BCUT2D eigenvalue weighted by Crippen LogP contribution is 2.17. The van der Waals surface area contributed by atoms with E-state index in [0.717, 1.165) is 19.5 Å². The van der Waals surface area contributed by atoms with Crippen molar-refractivity contribution < 1.29 is 9.90 Å². The number of carbonyl (C=O) groups is 1. The highest BCUT2D eigenvalue weighted by atomic mass is 35.5. The summed E-state index contributed by atoms with van der Waals surface area (Å²) < 4.78 is 0. The van der Waals surface area contributed by atoms with Gasteiger partial charge in [-0.3, -0.25) is 0 Å². The molecule has 1 rings (SSSR count). The van der Waals surface area contributed by atoms with Crippen molar-refractivity contribution in [3.63, 3.8) is 0 Å². The van der Waals surface area contributed by atoms with Crippen LogP contribution >= 0.6 is 12.4 Å². The first-order valence-electron chi connectivity index (χ1n) is 5.12. The summed E-state index contributed by atoms with van der Waals surface area (Å²) in [5, 5.41) is 12.2. The number of nitrogens with zero attached hydrogens (tertiary/aromatic N) is 1. The predicted octanol–water partition coefficient (Wildman–Crippen LogP) is 1.80. The third kappa shape index (κ3) is 4.26. The molecule has 0 aromatic heterocycles. The molecular weight excluding hydrogens is 216 g/mol. The summed E-state index contributed by atoms with van der Waals surface area (Å²) in [6.07, 6.45) is 0.154. The minimum atomic E-state index is -0.815. The number of nitrogens with one attached hydrogen (secondary N) is 1. The predicted molar refractivity (Wildman–Crippen MR) is 62.7 cm³/mol. The molecule has 0 bridgehead atoms. The van der Waals surface area contributed by atoms with Crippen molar-refractivity contribution in [2.75, 3.05) is 19.6 Å². The number of halogens is 1. The number of amides is 1. The van der Waals surface area contributed by atoms with Crippen LogP contribution in [0.4, 0.5) is 4.79 Å². The van der Waals surface area contributed by atoms with Crippen LogP contribution in [0.5, 0.6) is 0 Å². The van der Waals surface area contributed by atoms with Crippen molar-refractivity contribution >= 4 is 18.5 Å². The Hall–Kier alpha value is -0.480. The third-order valence-electron chi connectivity index (χ3n) is 2.67. The summed E-state index contributed by atoms with van der Waals surface area (Å²) in [6, 6.07) is 0. The molecule has 0 aromatic carbocycles. The molecule has 0 aromatic rings. The lowest BCUT2D eigenvalue weighted by atomic mass is 9.97. The van der Waals surface area contributed by atoms with Crippen molar-refractivity contribution in [2.45, 2.75) is 32.7 Å². The molecule has 0 unspecified atom stereocenters. The molecule has 0 aliphatic carbocycles. The number of carboxylic acid groups (broad SMARTS) is 1. The van der Waals surface area contributed by atoms with Gasteiger partial charge in [-0.05, 0) is 46.2 Å². The van der Waals surface area contributed by atoms with Gasteiger partial charge in [-0.15, -0.1) is 12.4 Å². The van der Waals surface area contributed by atoms with E-state index in [1.807, 2.05) is 20.8 Å². The van der Waals surface area contributed by atoms with Crippen LogP contribution in [0.25, 0.3) is 0 Å². The monoisotopic (exact) mass is 236 g/mol. The minimum Gasteiger partial charge on any atom is -0.465 e. The van der Waals surface area contributed by atoms with E-state index in [0.29, 0.717) is 12.5 Å². The van der Waals surface area contributed by atoms with Crippen molar-refractivity contribution in [3.05, 3.63) is 0 Å². The average molecular weight is 237 g/mol. The molecule has 2 N–H and O–H groups in total. The van der Waals surface area contributed by atoms with Crippen LogP contribution < -0.4 is 5.32 Å². The van der Waals surface area contributed by atoms with E-state index >= 15 is 0 Å². The van der Waals surface area contributed by atoms with Crippen LogP contribution in [0.1, 0.15) is 27.2 Å². The molecule has 1 heterocycles. The second-order valence-electron chi connectivity index (χ2n) is 4.92. The van der Waals surface area contributed by atoms with Crippen molar-refractivity contribution in [3.8, 4) is 0 Å². The van der Waals surface area contributed by atoms with Gasteiger partial charge >= 0.3 is 6.09 Å². The van der Waals surface area contributed by atoms with Gasteiger partial charge in [0.2, 0.25) is 0 Å². The molecule has 0 saturated carbocycles. The molecule has 5 heteroatoms. The quantitative estimate of drug-likeness (QED) is 0.786. The van der Waals surface area contributed by atoms with Crippen molar-refractivity contribution in [1.29, 1.82) is 0 Å². The zero-order valence-electron chi connectivity index (χ0n) is 9.62. The van der Waals surface area contributed by atoms with E-state index in [2.05, 4.69) is 5.32 Å². The highest BCUT2D eigenvalue weighted by molar-refractivity contribution is 5.85. The van der Waals surface area contributed by atoms with Crippen LogP contribution in [-0.2, 0) is 0 Å². The van der Waals surface area contributed by atoms with E-state index < -0.39 is 6.09 Å². The smallest absolute Gasteiger partial charge is 0.407 e. The van der Waals surface area contributed by atoms with Crippen LogP contribution in [0, 0.1) is 5.92 Å². The fourth-order valence-corrected chi connectivity index (χ4v) is 1.58. The van der Waals surface area contributed by atoms with Crippen LogP contribution in [0.2, 0.25) is 0 Å². The summed E-state index contributed by atoms with van der Waals surface area (Å²) in [7, 11) is 0. The van der Waals surface area contributed by atoms with E-state index in [1.165, 1.54) is 4.90 Å². The first-order valence-corrected chi connectivity index (χ1v) is 5.12. The molecule has 0 atom stereocenters. The normalized spacial score (nSPS) is 16.5. The fourth-order valence-electron chi connectivity index (χ4n) is 1.58. The van der Waals surface area contributed by atoms with Crippen molar-refractivity contribution in [2.24, 2.45) is 5.92 Å². The van der Waals surface area contributed by atoms with Gasteiger partial charge < -0.3 is 15.3 Å². The lowest BCUT2D eigenvalue weighted by Gasteiger charge is -2.36. The molecule has 1 saturated heterocycles. The largest absolute Gasteiger partial charge is 0.465 e. The maximum atomic E-state index is 11.0. The molecule has 15 heavy (non-hydrogen) atoms. The maximum Gasteiger partial charge on any atom is 0.407 e. The van der Waals surface area contributed by atoms with E-state index in [9.17, 15) is 4.79 Å². The third-order valence-corrected chi connectivity index (χ3v) is 2.67. The van der Waals surface area contributed by atoms with Gasteiger partial charge in [0, 0.05) is 12.1 Å². The zero-order chi connectivity index (χ0) is 10.8. The Morgan fingerprint density at radius 1 is 1.47 bits per heavy atom. The van der Waals surface area contributed by atoms with Gasteiger partial charge in [0.25, 0.3) is 0 Å². The van der Waals surface area contributed by atoms with Gasteiger partial charge in [-0.2, -0.15) is 0 Å². The standard InChI is InChI=1S/C10H20N2O2.ClH/c1-10(2,3)12(9(13)14)5-4-8-6-11-7-8;/h8,11H,4-7H2,1-3H3,(H,13,14);1H. The fraction of sp³-hybridized carbons (Fsp3) is 0.900. The number of hydrogen-bond donors (Lipinski definition) is 2. The first kappa shape index (κ1) is 14.5. The van der Waals surface area contributed by atoms with E-state index in [-0.39, 0.29) is 17.9 Å². The molecule has 0 radical (unpaired) electrons. The van der Waals surface area contributed by atoms with Crippen LogP contribution in [-0.4, -0.2) is 41.3 Å². The molecule has 0 spiro atoms. The Bertz CT molecular complexity index is 212. The molecular formula is C10H21ClN2O2. The molecule has 1 aliphatic heterocycles. The van der Waals surface area contributed by atoms with Gasteiger partial charge in [0.15, 0.2) is 0 Å². The summed E-state index contributed by atoms with van der Waals surface area (Å²) in [4.78, 5) is 12.5. The van der Waals surface area contributed by atoms with Gasteiger partial charge in [0.05, 0.1) is 0 Å². The highest BCUT2D eigenvalue weighted by Gasteiger charge is 2.27. The lowest BCUT2D eigenvalue weighted by Crippen LogP contribution is -2.48. The second-order valence-corrected chi connectivity index (χ2v) is 4.92. The molecule has 1 fully saturated rings. The van der Waals surface area contributed by atoms with Crippen molar-refractivity contribution in [1.82, 2.24) is 10.2 Å². The Balaban J connectivity index is 0.00000196. The van der Waals surface area contributed by atoms with E-state index in [4.69, 9.17) is 5.11 Å². The van der Waals surface area contributed by atoms with Gasteiger partial charge in [-0.1, -0.05) is 0 Å². The Labute approximate surface area is 97.4 Å². The Kier molecular flexibility index (Phi) is 5.38. The maximum absolute atomic E-state index is 11.0. The SMILES string of the molecule is CC(C)(C)N(CCC1CNC1)C(=O)O.Cl. The van der Waals surface area contributed by atoms with Gasteiger partial charge in [-0.25, -0.2) is 4.79 Å². The number of rotatable bonds is 3. The zero-order valence-corrected chi connectivity index (χ0v) is 10.4. The van der Waals surface area contributed by atoms with E-state index in [1.54, 1.807) is 0 Å². The summed E-state index contributed by atoms with van der Waals surface area (Å²) in [5.74, 6) is 0.666. The lowest BCUT2D eigenvalue weighted by molar-refractivity contribution is 0.0934.